The molecule has 2 atom stereocenters. The van der Waals surface area contributed by atoms with Gasteiger partial charge in [0, 0.05) is 13.1 Å². The molecule has 0 aromatic heterocycles. The minimum absolute atomic E-state index is 0.0559. The van der Waals surface area contributed by atoms with Crippen LogP contribution in [0, 0.1) is 17.0 Å². The van der Waals surface area contributed by atoms with Gasteiger partial charge in [-0.05, 0) is 43.4 Å². The number of amides is 1. The van der Waals surface area contributed by atoms with Crippen molar-refractivity contribution in [3.8, 4) is 0 Å². The maximum Gasteiger partial charge on any atom is 0.314 e. The molecule has 154 valence electrons. The molecule has 2 aromatic rings. The molecule has 7 heteroatoms. The summed E-state index contributed by atoms with van der Waals surface area (Å²) in [7, 11) is 0. The summed E-state index contributed by atoms with van der Waals surface area (Å²) in [5.41, 5.74) is -0.940. The van der Waals surface area contributed by atoms with E-state index in [2.05, 4.69) is 0 Å². The van der Waals surface area contributed by atoms with Crippen LogP contribution in [0.3, 0.4) is 0 Å². The standard InChI is InChI=1S/C22H23F2NO4/c23-17-10-4-9-16(19(17)24)20(27)25-13-11-18(26)22(14-25,21(28)29)12-5-8-15-6-2-1-3-7-15/h1-4,6-7,9-10,18,26H,5,8,11-14H2,(H,28,29)/t18-,22-/m1/s1. The molecule has 1 aliphatic heterocycles. The molecule has 3 rings (SSSR count). The van der Waals surface area contributed by atoms with Gasteiger partial charge in [0.1, 0.15) is 5.41 Å². The number of aliphatic hydroxyl groups is 1. The summed E-state index contributed by atoms with van der Waals surface area (Å²) in [5, 5.41) is 20.4. The smallest absolute Gasteiger partial charge is 0.314 e. The Morgan fingerprint density at radius 2 is 1.83 bits per heavy atom. The molecule has 2 aromatic carbocycles. The molecule has 0 radical (unpaired) electrons. The number of carbonyl (C=O) groups is 2. The number of rotatable bonds is 6. The number of nitrogens with zero attached hydrogens (tertiary/aromatic N) is 1. The second-order valence-corrected chi connectivity index (χ2v) is 7.43. The molecule has 5 nitrogen and oxygen atoms in total. The van der Waals surface area contributed by atoms with Crippen molar-refractivity contribution in [2.24, 2.45) is 5.41 Å². The van der Waals surface area contributed by atoms with Gasteiger partial charge in [-0.2, -0.15) is 0 Å². The van der Waals surface area contributed by atoms with Crippen molar-refractivity contribution in [2.75, 3.05) is 13.1 Å². The summed E-state index contributed by atoms with van der Waals surface area (Å²) in [6.07, 6.45) is 0.226. The van der Waals surface area contributed by atoms with Crippen molar-refractivity contribution in [1.29, 1.82) is 0 Å². The third kappa shape index (κ3) is 4.29. The van der Waals surface area contributed by atoms with Crippen molar-refractivity contribution >= 4 is 11.9 Å². The highest BCUT2D eigenvalue weighted by molar-refractivity contribution is 5.95. The van der Waals surface area contributed by atoms with Crippen LogP contribution in [0.5, 0.6) is 0 Å². The van der Waals surface area contributed by atoms with Crippen LogP contribution in [0.4, 0.5) is 8.78 Å². The summed E-state index contributed by atoms with van der Waals surface area (Å²) in [4.78, 5) is 26.0. The molecule has 1 fully saturated rings. The summed E-state index contributed by atoms with van der Waals surface area (Å²) < 4.78 is 27.5. The van der Waals surface area contributed by atoms with E-state index in [0.717, 1.165) is 11.6 Å². The molecule has 0 spiro atoms. The van der Waals surface area contributed by atoms with E-state index in [1.165, 1.54) is 17.0 Å². The van der Waals surface area contributed by atoms with Gasteiger partial charge >= 0.3 is 5.97 Å². The van der Waals surface area contributed by atoms with Crippen LogP contribution in [-0.4, -0.2) is 46.2 Å². The number of likely N-dealkylation sites (tertiary alicyclic amines) is 1. The normalized spacial score (nSPS) is 21.8. The molecule has 0 saturated carbocycles. The molecule has 1 aliphatic rings. The Morgan fingerprint density at radius 1 is 1.10 bits per heavy atom. The van der Waals surface area contributed by atoms with Crippen molar-refractivity contribution in [3.63, 3.8) is 0 Å². The van der Waals surface area contributed by atoms with Gasteiger partial charge in [-0.15, -0.1) is 0 Å². The average molecular weight is 403 g/mol. The van der Waals surface area contributed by atoms with Gasteiger partial charge in [0.05, 0.1) is 11.7 Å². The maximum absolute atomic E-state index is 14.0. The van der Waals surface area contributed by atoms with E-state index in [0.29, 0.717) is 12.8 Å². The van der Waals surface area contributed by atoms with Crippen LogP contribution < -0.4 is 0 Å². The van der Waals surface area contributed by atoms with Crippen LogP contribution in [0.25, 0.3) is 0 Å². The van der Waals surface area contributed by atoms with Crippen molar-refractivity contribution in [3.05, 3.63) is 71.3 Å². The zero-order valence-electron chi connectivity index (χ0n) is 15.9. The predicted octanol–water partition coefficient (Wildman–Crippen LogP) is 3.27. The zero-order chi connectivity index (χ0) is 21.0. The second-order valence-electron chi connectivity index (χ2n) is 7.43. The van der Waals surface area contributed by atoms with E-state index in [9.17, 15) is 28.6 Å². The fraction of sp³-hybridized carbons (Fsp3) is 0.364. The van der Waals surface area contributed by atoms with Gasteiger partial charge in [-0.3, -0.25) is 9.59 Å². The van der Waals surface area contributed by atoms with Gasteiger partial charge in [0.15, 0.2) is 11.6 Å². The summed E-state index contributed by atoms with van der Waals surface area (Å²) >= 11 is 0. The number of carboxylic acid groups (broad SMARTS) is 1. The third-order valence-electron chi connectivity index (χ3n) is 5.61. The van der Waals surface area contributed by atoms with E-state index in [1.54, 1.807) is 0 Å². The Bertz CT molecular complexity index is 890. The number of aliphatic carboxylic acids is 1. The number of halogens is 2. The first-order valence-corrected chi connectivity index (χ1v) is 9.54. The van der Waals surface area contributed by atoms with E-state index in [1.807, 2.05) is 30.3 Å². The molecule has 0 unspecified atom stereocenters. The Morgan fingerprint density at radius 3 is 2.52 bits per heavy atom. The maximum atomic E-state index is 14.0. The molecule has 0 bridgehead atoms. The highest BCUT2D eigenvalue weighted by Crippen LogP contribution is 2.37. The first-order chi connectivity index (χ1) is 13.8. The van der Waals surface area contributed by atoms with E-state index in [4.69, 9.17) is 0 Å². The van der Waals surface area contributed by atoms with Crippen molar-refractivity contribution in [1.82, 2.24) is 4.90 Å². The lowest BCUT2D eigenvalue weighted by atomic mass is 9.73. The second kappa shape index (κ2) is 8.69. The Balaban J connectivity index is 1.78. The van der Waals surface area contributed by atoms with Crippen LogP contribution in [0.2, 0.25) is 0 Å². The molecule has 1 heterocycles. The first-order valence-electron chi connectivity index (χ1n) is 9.54. The van der Waals surface area contributed by atoms with E-state index < -0.39 is 40.6 Å². The molecular weight excluding hydrogens is 380 g/mol. The summed E-state index contributed by atoms with van der Waals surface area (Å²) in [6.45, 7) is -0.184. The molecular formula is C22H23F2NO4. The van der Waals surface area contributed by atoms with Crippen molar-refractivity contribution < 1.29 is 28.6 Å². The largest absolute Gasteiger partial charge is 0.481 e. The zero-order valence-corrected chi connectivity index (χ0v) is 15.9. The molecule has 1 saturated heterocycles. The number of carboxylic acids is 1. The van der Waals surface area contributed by atoms with Gasteiger partial charge in [0.2, 0.25) is 0 Å². The number of carbonyl (C=O) groups excluding carboxylic acids is 1. The number of hydrogen-bond donors (Lipinski definition) is 2. The van der Waals surface area contributed by atoms with Gasteiger partial charge in [0.25, 0.3) is 5.91 Å². The van der Waals surface area contributed by atoms with Gasteiger partial charge in [-0.25, -0.2) is 8.78 Å². The minimum atomic E-state index is -1.55. The fourth-order valence-electron chi connectivity index (χ4n) is 3.91. The third-order valence-corrected chi connectivity index (χ3v) is 5.61. The molecule has 29 heavy (non-hydrogen) atoms. The van der Waals surface area contributed by atoms with Crippen LogP contribution in [0.15, 0.2) is 48.5 Å². The number of piperidine rings is 1. The average Bonchev–Trinajstić information content (AvgIpc) is 2.71. The number of aryl methyl sites for hydroxylation is 1. The monoisotopic (exact) mass is 403 g/mol. The minimum Gasteiger partial charge on any atom is -0.481 e. The topological polar surface area (TPSA) is 77.8 Å². The van der Waals surface area contributed by atoms with Crippen LogP contribution >= 0.6 is 0 Å². The lowest BCUT2D eigenvalue weighted by molar-refractivity contribution is -0.162. The summed E-state index contributed by atoms with van der Waals surface area (Å²) in [6, 6.07) is 12.9. The fourth-order valence-corrected chi connectivity index (χ4v) is 3.91. The van der Waals surface area contributed by atoms with Crippen LogP contribution in [0.1, 0.15) is 35.2 Å². The van der Waals surface area contributed by atoms with Gasteiger partial charge in [-0.1, -0.05) is 36.4 Å². The number of hydrogen-bond acceptors (Lipinski definition) is 3. The lowest BCUT2D eigenvalue weighted by Crippen LogP contribution is -2.57. The molecule has 1 amide bonds. The highest BCUT2D eigenvalue weighted by Gasteiger charge is 2.49. The molecule has 0 aliphatic carbocycles. The Labute approximate surface area is 167 Å². The van der Waals surface area contributed by atoms with E-state index in [-0.39, 0.29) is 25.9 Å². The Kier molecular flexibility index (Phi) is 6.27. The number of benzene rings is 2. The first kappa shape index (κ1) is 20.9. The SMILES string of the molecule is O=C(c1cccc(F)c1F)N1CC[C@@H](O)[C@](CCCc2ccccc2)(C(=O)O)C1. The lowest BCUT2D eigenvalue weighted by Gasteiger charge is -2.43. The predicted molar refractivity (Wildman–Crippen MR) is 102 cm³/mol. The highest BCUT2D eigenvalue weighted by atomic mass is 19.2. The quantitative estimate of drug-likeness (QED) is 0.776. The van der Waals surface area contributed by atoms with Crippen molar-refractivity contribution in [2.45, 2.75) is 31.8 Å². The molecule has 2 N–H and O–H groups in total. The number of aliphatic hydroxyl groups excluding tert-OH is 1. The van der Waals surface area contributed by atoms with E-state index >= 15 is 0 Å². The van der Waals surface area contributed by atoms with Crippen LogP contribution in [-0.2, 0) is 11.2 Å². The van der Waals surface area contributed by atoms with Gasteiger partial charge < -0.3 is 15.1 Å². The Hall–Kier alpha value is -2.80. The summed E-state index contributed by atoms with van der Waals surface area (Å²) in [5.74, 6) is -4.37.